The maximum absolute atomic E-state index is 5.47. The highest BCUT2D eigenvalue weighted by Crippen LogP contribution is 2.40. The van der Waals surface area contributed by atoms with Crippen LogP contribution in [0, 0.1) is 41.5 Å². The molecule has 0 heterocycles. The molecule has 0 saturated carbocycles. The van der Waals surface area contributed by atoms with Gasteiger partial charge in [-0.15, -0.1) is 0 Å². The number of rotatable bonds is 6. The predicted molar refractivity (Wildman–Crippen MR) is 323 cm³/mol. The summed E-state index contributed by atoms with van der Waals surface area (Å²) in [6, 6.07) is 76.0. The third kappa shape index (κ3) is 8.48. The first-order valence-electron chi connectivity index (χ1n) is 26.6. The quantitative estimate of drug-likeness (QED) is 0.118. The molecule has 0 aliphatic heterocycles. The van der Waals surface area contributed by atoms with Gasteiger partial charge in [0.1, 0.15) is 0 Å². The van der Waals surface area contributed by atoms with E-state index in [1.165, 1.54) is 0 Å². The zero-order valence-corrected chi connectivity index (χ0v) is 44.5. The molecule has 0 N–H and O–H groups in total. The lowest BCUT2D eigenvalue weighted by molar-refractivity contribution is 1.20. The van der Waals surface area contributed by atoms with Crippen LogP contribution in [0.5, 0.6) is 0 Å². The van der Waals surface area contributed by atoms with Crippen LogP contribution in [0.1, 0.15) is 33.4 Å². The van der Waals surface area contributed by atoms with Gasteiger partial charge in [-0.25, -0.2) is 30.0 Å². The highest BCUT2D eigenvalue weighted by Gasteiger charge is 2.20. The molecule has 0 aliphatic rings. The minimum absolute atomic E-state index is 0.889. The average molecular weight is 1000 g/mol. The van der Waals surface area contributed by atoms with Crippen LogP contribution in [-0.4, -0.2) is 0 Å². The van der Waals surface area contributed by atoms with E-state index in [0.29, 0.717) is 0 Å². The number of para-hydroxylation sites is 6. The zero-order valence-electron chi connectivity index (χ0n) is 44.5. The van der Waals surface area contributed by atoms with Gasteiger partial charge in [0, 0.05) is 32.3 Å². The molecule has 6 heteroatoms. The molecule has 0 saturated heterocycles. The molecule has 0 aliphatic carbocycles. The van der Waals surface area contributed by atoms with Crippen molar-refractivity contribution in [2.24, 2.45) is 30.0 Å². The Labute approximate surface area is 451 Å². The van der Waals surface area contributed by atoms with E-state index in [9.17, 15) is 0 Å². The van der Waals surface area contributed by atoms with Gasteiger partial charge in [-0.2, -0.15) is 0 Å². The molecule has 0 fully saturated rings. The fourth-order valence-corrected chi connectivity index (χ4v) is 11.2. The van der Waals surface area contributed by atoms with Crippen molar-refractivity contribution in [2.75, 3.05) is 0 Å². The van der Waals surface area contributed by atoms with Crippen LogP contribution in [0.3, 0.4) is 0 Å². The highest BCUT2D eigenvalue weighted by molar-refractivity contribution is 6.30. The largest absolute Gasteiger partial charge is 0.248 e. The van der Waals surface area contributed by atoms with Gasteiger partial charge in [-0.3, -0.25) is 0 Å². The molecule has 78 heavy (non-hydrogen) atoms. The number of benzene rings is 13. The molecule has 0 atom stereocenters. The predicted octanol–water partition coefficient (Wildman–Crippen LogP) is 16.2. The number of hydrogen-bond acceptors (Lipinski definition) is 6. The summed E-state index contributed by atoms with van der Waals surface area (Å²) >= 11 is 0. The summed E-state index contributed by atoms with van der Waals surface area (Å²) in [5, 5.41) is 18.2. The highest BCUT2D eigenvalue weighted by atomic mass is 14.8. The average Bonchev–Trinajstić information content (AvgIpc) is 3.58. The second-order valence-electron chi connectivity index (χ2n) is 20.4. The van der Waals surface area contributed by atoms with Crippen LogP contribution in [0.2, 0.25) is 0 Å². The molecular weight excluding hydrogens is 949 g/mol. The molecule has 0 unspecified atom stereocenters. The first-order valence-corrected chi connectivity index (χ1v) is 26.6. The summed E-state index contributed by atoms with van der Waals surface area (Å²) in [6.07, 6.45) is 0. The topological polar surface area (TPSA) is 74.2 Å². The summed E-state index contributed by atoms with van der Waals surface area (Å²) in [6.45, 7) is 13.1. The van der Waals surface area contributed by atoms with Gasteiger partial charge in [0.25, 0.3) is 0 Å². The minimum Gasteiger partial charge on any atom is -0.248 e. The van der Waals surface area contributed by atoms with Gasteiger partial charge in [0.05, 0.1) is 66.3 Å². The molecule has 13 rings (SSSR count). The van der Waals surface area contributed by atoms with Crippen molar-refractivity contribution in [1.82, 2.24) is 0 Å². The summed E-state index contributed by atoms with van der Waals surface area (Å²) in [4.78, 5) is 32.8. The molecule has 0 spiro atoms. The number of hydrogen-bond donors (Lipinski definition) is 0. The number of nitrogens with zero attached hydrogens (tertiary/aromatic N) is 6. The van der Waals surface area contributed by atoms with E-state index in [2.05, 4.69) is 151 Å². The molecule has 0 radical (unpaired) electrons. The lowest BCUT2D eigenvalue weighted by Crippen LogP contribution is -2.21. The minimum atomic E-state index is 0.889. The number of fused-ring (bicyclic) bond motifs is 9. The fourth-order valence-electron chi connectivity index (χ4n) is 11.2. The normalized spacial score (nSPS) is 13.5. The Hall–Kier alpha value is -9.78. The maximum Gasteiger partial charge on any atom is 0.0748 e. The molecule has 0 aromatic heterocycles. The van der Waals surface area contributed by atoms with Crippen molar-refractivity contribution in [3.05, 3.63) is 284 Å². The summed E-state index contributed by atoms with van der Waals surface area (Å²) in [5.74, 6) is 0. The van der Waals surface area contributed by atoms with Gasteiger partial charge in [-0.05, 0) is 216 Å². The molecule has 372 valence electrons. The van der Waals surface area contributed by atoms with Gasteiger partial charge in [-0.1, -0.05) is 109 Å². The van der Waals surface area contributed by atoms with Gasteiger partial charge in [0.15, 0.2) is 0 Å². The first-order chi connectivity index (χ1) is 38.2. The van der Waals surface area contributed by atoms with E-state index in [1.807, 2.05) is 109 Å². The molecule has 0 amide bonds. The van der Waals surface area contributed by atoms with Crippen LogP contribution >= 0.6 is 0 Å². The SMILES string of the molecule is Cc1c(C)c(=Nc2ccccc2)c2cc3c(cc2c1=Nc1ccccc1)c1cc2c(=Nc4ccccc4)c(C)c(C)c(=Nc4ccccc4)c2cc1c1cc2c(=Nc4ccccc4)c(C)c(C)c(=Nc4ccccc4)c2cc31. The van der Waals surface area contributed by atoms with Crippen molar-refractivity contribution in [1.29, 1.82) is 0 Å². The van der Waals surface area contributed by atoms with Gasteiger partial charge in [0.2, 0.25) is 0 Å². The zero-order chi connectivity index (χ0) is 53.0. The molecule has 6 nitrogen and oxygen atoms in total. The Bertz CT molecular complexity index is 4120. The Kier molecular flexibility index (Phi) is 12.1. The lowest BCUT2D eigenvalue weighted by atomic mass is 9.87. The maximum atomic E-state index is 5.47. The standard InChI is InChI=1S/C72H54N6/c1-43-44(2)68(74-50-27-15-8-16-28-50)62-38-56-55(37-61(62)67(43)73-49-25-13-7-14-26-49)57-39-63-65(71(77-53-33-21-11-22-34-53)46(4)45(3)69(63)75-51-29-17-9-18-30-51)41-59(57)60-42-66-64(40-58(56)60)70(76-52-31-19-10-20-32-52)47(5)48(6)72(66)78-54-35-23-12-24-36-54/h7-42H,1-6H3. The van der Waals surface area contributed by atoms with Crippen molar-refractivity contribution in [3.63, 3.8) is 0 Å². The Morgan fingerprint density at radius 1 is 0.167 bits per heavy atom. The van der Waals surface area contributed by atoms with Crippen LogP contribution in [0.15, 0.2) is 248 Å². The molecule has 13 aromatic carbocycles. The monoisotopic (exact) mass is 1000 g/mol. The summed E-state index contributed by atoms with van der Waals surface area (Å²) < 4.78 is 0. The Morgan fingerprint density at radius 2 is 0.295 bits per heavy atom. The van der Waals surface area contributed by atoms with E-state index in [-0.39, 0.29) is 0 Å². The summed E-state index contributed by atoms with van der Waals surface area (Å²) in [5.41, 5.74) is 11.8. The lowest BCUT2D eigenvalue weighted by Gasteiger charge is -2.17. The Balaban J connectivity index is 1.32. The second-order valence-corrected chi connectivity index (χ2v) is 20.4. The van der Waals surface area contributed by atoms with E-state index < -0.39 is 0 Å². The van der Waals surface area contributed by atoms with Crippen LogP contribution in [0.4, 0.5) is 34.1 Å². The third-order valence-corrected chi connectivity index (χ3v) is 15.7. The van der Waals surface area contributed by atoms with Gasteiger partial charge >= 0.3 is 0 Å². The van der Waals surface area contributed by atoms with Gasteiger partial charge < -0.3 is 0 Å². The van der Waals surface area contributed by atoms with Crippen molar-refractivity contribution >= 4 is 98.8 Å². The van der Waals surface area contributed by atoms with E-state index in [0.717, 1.165) is 164 Å². The van der Waals surface area contributed by atoms with E-state index >= 15 is 0 Å². The van der Waals surface area contributed by atoms with E-state index in [1.54, 1.807) is 0 Å². The van der Waals surface area contributed by atoms with Crippen molar-refractivity contribution < 1.29 is 0 Å². The fraction of sp³-hybridized carbons (Fsp3) is 0.0833. The van der Waals surface area contributed by atoms with Crippen molar-refractivity contribution in [2.45, 2.75) is 41.5 Å². The first kappa shape index (κ1) is 47.9. The summed E-state index contributed by atoms with van der Waals surface area (Å²) in [7, 11) is 0. The molecular formula is C72H54N6. The third-order valence-electron chi connectivity index (χ3n) is 15.7. The molecule has 13 aromatic rings. The smallest absolute Gasteiger partial charge is 0.0748 e. The van der Waals surface area contributed by atoms with Crippen LogP contribution in [0.25, 0.3) is 64.6 Å². The van der Waals surface area contributed by atoms with Crippen LogP contribution < -0.4 is 32.1 Å². The Morgan fingerprint density at radius 3 is 0.423 bits per heavy atom. The van der Waals surface area contributed by atoms with Crippen molar-refractivity contribution in [3.8, 4) is 0 Å². The second kappa shape index (κ2) is 19.7. The molecule has 0 bridgehead atoms. The van der Waals surface area contributed by atoms with Crippen LogP contribution in [-0.2, 0) is 0 Å². The van der Waals surface area contributed by atoms with E-state index in [4.69, 9.17) is 30.0 Å².